The average molecular weight is 557 g/mol. The quantitative estimate of drug-likeness (QED) is 0.240. The molecule has 10 heteroatoms. The lowest BCUT2D eigenvalue weighted by Gasteiger charge is -2.17. The molecule has 0 aliphatic rings. The molecule has 0 radical (unpaired) electrons. The molecule has 0 saturated carbocycles. The Morgan fingerprint density at radius 1 is 0.927 bits per heavy atom. The third kappa shape index (κ3) is 6.33. The number of benzene rings is 3. The molecule has 8 nitrogen and oxygen atoms in total. The van der Waals surface area contributed by atoms with Gasteiger partial charge in [-0.2, -0.15) is 5.10 Å². The van der Waals surface area contributed by atoms with Crippen molar-refractivity contribution in [1.29, 1.82) is 0 Å². The molecule has 0 aliphatic carbocycles. The maximum atomic E-state index is 14.5. The van der Waals surface area contributed by atoms with E-state index >= 15 is 0 Å². The van der Waals surface area contributed by atoms with Crippen molar-refractivity contribution in [3.05, 3.63) is 113 Å². The molecule has 0 unspecified atom stereocenters. The second kappa shape index (κ2) is 11.9. The van der Waals surface area contributed by atoms with Crippen LogP contribution in [0.1, 0.15) is 6.92 Å². The van der Waals surface area contributed by atoms with E-state index < -0.39 is 11.6 Å². The van der Waals surface area contributed by atoms with Crippen LogP contribution in [0, 0.1) is 11.6 Å². The van der Waals surface area contributed by atoms with Crippen LogP contribution in [0.4, 0.5) is 14.5 Å². The molecule has 1 amide bonds. The summed E-state index contributed by atoms with van der Waals surface area (Å²) in [5.74, 6) is -1.66. The molecular weight excluding hydrogens is 530 g/mol. The molecule has 0 saturated heterocycles. The van der Waals surface area contributed by atoms with Gasteiger partial charge in [0.15, 0.2) is 11.6 Å². The van der Waals surface area contributed by atoms with Crippen molar-refractivity contribution in [3.63, 3.8) is 0 Å². The van der Waals surface area contributed by atoms with Gasteiger partial charge >= 0.3 is 0 Å². The van der Waals surface area contributed by atoms with Gasteiger partial charge in [0.25, 0.3) is 5.56 Å². The molecule has 5 aromatic rings. The highest BCUT2D eigenvalue weighted by atomic mass is 19.1. The highest BCUT2D eigenvalue weighted by Gasteiger charge is 2.18. The molecule has 3 aromatic carbocycles. The molecular formula is C31H26F2N4O4. The first kappa shape index (κ1) is 27.3. The number of carbonyl (C=O) groups is 1. The predicted octanol–water partition coefficient (Wildman–Crippen LogP) is 6.02. The van der Waals surface area contributed by atoms with Gasteiger partial charge in [-0.15, -0.1) is 0 Å². The summed E-state index contributed by atoms with van der Waals surface area (Å²) in [5, 5.41) is 7.33. The number of aromatic nitrogens is 3. The van der Waals surface area contributed by atoms with Gasteiger partial charge in [-0.05, 0) is 43.3 Å². The van der Waals surface area contributed by atoms with Crippen LogP contribution in [0.2, 0.25) is 0 Å². The molecule has 2 aromatic heterocycles. The maximum absolute atomic E-state index is 14.5. The van der Waals surface area contributed by atoms with Crippen molar-refractivity contribution in [1.82, 2.24) is 14.3 Å². The number of halogens is 2. The Bertz CT molecular complexity index is 1770. The van der Waals surface area contributed by atoms with Crippen LogP contribution in [0.5, 0.6) is 17.2 Å². The van der Waals surface area contributed by atoms with Crippen LogP contribution in [-0.4, -0.2) is 26.9 Å². The van der Waals surface area contributed by atoms with E-state index in [2.05, 4.69) is 10.4 Å². The predicted molar refractivity (Wildman–Crippen MR) is 151 cm³/mol. The molecule has 5 rings (SSSR count). The van der Waals surface area contributed by atoms with E-state index in [0.717, 1.165) is 23.4 Å². The summed E-state index contributed by atoms with van der Waals surface area (Å²) in [6, 6.07) is 20.6. The van der Waals surface area contributed by atoms with E-state index in [1.165, 1.54) is 21.4 Å². The Morgan fingerprint density at radius 3 is 2.46 bits per heavy atom. The normalized spacial score (nSPS) is 10.8. The van der Waals surface area contributed by atoms with Gasteiger partial charge in [-0.25, -0.2) is 8.78 Å². The number of amides is 1. The number of rotatable bonds is 9. The Labute approximate surface area is 234 Å². The smallest absolute Gasteiger partial charge is 0.254 e. The summed E-state index contributed by atoms with van der Waals surface area (Å²) < 4.78 is 42.4. The Balaban J connectivity index is 1.46. The van der Waals surface area contributed by atoms with Gasteiger partial charge in [-0.1, -0.05) is 30.3 Å². The van der Waals surface area contributed by atoms with Crippen LogP contribution >= 0.6 is 0 Å². The Kier molecular flexibility index (Phi) is 7.91. The minimum absolute atomic E-state index is 0.0365. The SMILES string of the molecule is CCOc1cc(=O)n(C)cc1-c1cc(NC(=O)Cn2ccc(-c3ccccc3)n2)ccc1Oc1ccc(F)cc1F. The van der Waals surface area contributed by atoms with E-state index in [0.29, 0.717) is 16.8 Å². The fraction of sp³-hybridized carbons (Fsp3) is 0.129. The van der Waals surface area contributed by atoms with Crippen LogP contribution < -0.4 is 20.3 Å². The van der Waals surface area contributed by atoms with E-state index in [1.54, 1.807) is 44.6 Å². The first-order valence-electron chi connectivity index (χ1n) is 12.8. The lowest BCUT2D eigenvalue weighted by molar-refractivity contribution is -0.116. The molecule has 1 N–H and O–H groups in total. The number of hydrogen-bond acceptors (Lipinski definition) is 5. The van der Waals surface area contributed by atoms with Crippen molar-refractivity contribution in [2.45, 2.75) is 13.5 Å². The lowest BCUT2D eigenvalue weighted by Crippen LogP contribution is -2.19. The van der Waals surface area contributed by atoms with Crippen LogP contribution in [0.3, 0.4) is 0 Å². The third-order valence-electron chi connectivity index (χ3n) is 6.17. The van der Waals surface area contributed by atoms with Crippen molar-refractivity contribution in [3.8, 4) is 39.6 Å². The van der Waals surface area contributed by atoms with Gasteiger partial charge in [0.05, 0.1) is 12.3 Å². The molecule has 208 valence electrons. The highest BCUT2D eigenvalue weighted by Crippen LogP contribution is 2.40. The summed E-state index contributed by atoms with van der Waals surface area (Å²) in [6.45, 7) is 2.03. The number of hydrogen-bond donors (Lipinski definition) is 1. The summed E-state index contributed by atoms with van der Waals surface area (Å²) in [4.78, 5) is 25.3. The second-order valence-corrected chi connectivity index (χ2v) is 9.13. The van der Waals surface area contributed by atoms with Crippen molar-refractivity contribution in [2.24, 2.45) is 7.05 Å². The largest absolute Gasteiger partial charge is 0.493 e. The van der Waals surface area contributed by atoms with E-state index in [1.807, 2.05) is 36.4 Å². The van der Waals surface area contributed by atoms with Crippen molar-refractivity contribution >= 4 is 11.6 Å². The molecule has 2 heterocycles. The number of anilines is 1. The molecule has 0 atom stereocenters. The van der Waals surface area contributed by atoms with E-state index in [4.69, 9.17) is 9.47 Å². The van der Waals surface area contributed by atoms with Gasteiger partial charge in [0, 0.05) is 54.0 Å². The van der Waals surface area contributed by atoms with Crippen LogP contribution in [-0.2, 0) is 18.4 Å². The molecule has 0 fully saturated rings. The minimum atomic E-state index is -0.882. The van der Waals surface area contributed by atoms with Crippen molar-refractivity contribution in [2.75, 3.05) is 11.9 Å². The number of nitrogens with zero attached hydrogens (tertiary/aromatic N) is 3. The van der Waals surface area contributed by atoms with E-state index in [9.17, 15) is 18.4 Å². The average Bonchev–Trinajstić information content (AvgIpc) is 3.42. The third-order valence-corrected chi connectivity index (χ3v) is 6.17. The zero-order valence-corrected chi connectivity index (χ0v) is 22.3. The van der Waals surface area contributed by atoms with Gasteiger partial charge in [-0.3, -0.25) is 14.3 Å². The standard InChI is InChI=1S/C31H26F2N4O4/c1-3-40-29-17-31(39)36(2)18-24(29)23-16-22(10-12-27(23)41-28-11-9-21(32)15-25(28)33)34-30(38)19-37-14-13-26(35-37)20-7-5-4-6-8-20/h4-18H,3,19H2,1-2H3,(H,34,38). The number of carbonyl (C=O) groups excluding carboxylic acids is 1. The molecule has 41 heavy (non-hydrogen) atoms. The van der Waals surface area contributed by atoms with Gasteiger partial charge < -0.3 is 19.4 Å². The fourth-order valence-electron chi connectivity index (χ4n) is 4.23. The topological polar surface area (TPSA) is 87.4 Å². The second-order valence-electron chi connectivity index (χ2n) is 9.13. The number of ether oxygens (including phenoxy) is 2. The Hall–Kier alpha value is -5.25. The zero-order chi connectivity index (χ0) is 28.9. The lowest BCUT2D eigenvalue weighted by atomic mass is 10.0. The molecule has 0 spiro atoms. The van der Waals surface area contributed by atoms with E-state index in [-0.39, 0.29) is 41.9 Å². The summed E-state index contributed by atoms with van der Waals surface area (Å²) in [7, 11) is 1.58. The number of aryl methyl sites for hydroxylation is 1. The highest BCUT2D eigenvalue weighted by molar-refractivity contribution is 5.92. The van der Waals surface area contributed by atoms with Crippen LogP contribution in [0.15, 0.2) is 96.1 Å². The summed E-state index contributed by atoms with van der Waals surface area (Å²) >= 11 is 0. The number of nitrogens with one attached hydrogen (secondary N) is 1. The van der Waals surface area contributed by atoms with Crippen molar-refractivity contribution < 1.29 is 23.0 Å². The van der Waals surface area contributed by atoms with Crippen LogP contribution in [0.25, 0.3) is 22.4 Å². The zero-order valence-electron chi connectivity index (χ0n) is 22.3. The Morgan fingerprint density at radius 2 is 1.71 bits per heavy atom. The molecule has 0 bridgehead atoms. The minimum Gasteiger partial charge on any atom is -0.493 e. The monoisotopic (exact) mass is 556 g/mol. The summed E-state index contributed by atoms with van der Waals surface area (Å²) in [5.41, 5.74) is 2.70. The van der Waals surface area contributed by atoms with Gasteiger partial charge in [0.2, 0.25) is 5.91 Å². The first-order chi connectivity index (χ1) is 19.8. The summed E-state index contributed by atoms with van der Waals surface area (Å²) in [6.07, 6.45) is 3.29. The maximum Gasteiger partial charge on any atom is 0.254 e. The first-order valence-corrected chi connectivity index (χ1v) is 12.8. The van der Waals surface area contributed by atoms with Gasteiger partial charge in [0.1, 0.15) is 23.9 Å². The molecule has 0 aliphatic heterocycles. The number of pyridine rings is 1. The fourth-order valence-corrected chi connectivity index (χ4v) is 4.23.